The summed E-state index contributed by atoms with van der Waals surface area (Å²) in [4.78, 5) is 15.6. The molecule has 0 fully saturated rings. The average molecular weight is 287 g/mol. The van der Waals surface area contributed by atoms with E-state index in [1.807, 2.05) is 0 Å². The number of hydrogen-bond acceptors (Lipinski definition) is 4. The molecule has 0 saturated carbocycles. The van der Waals surface area contributed by atoms with E-state index >= 15 is 0 Å². The molecule has 1 aliphatic heterocycles. The molecule has 8 heteroatoms. The third kappa shape index (κ3) is 2.89. The van der Waals surface area contributed by atoms with Crippen LogP contribution in [-0.2, 0) is 10.9 Å². The lowest BCUT2D eigenvalue weighted by Gasteiger charge is -2.12. The maximum absolute atomic E-state index is 12.9. The van der Waals surface area contributed by atoms with E-state index in [1.54, 1.807) is 12.2 Å². The van der Waals surface area contributed by atoms with E-state index in [0.717, 1.165) is 10.9 Å². The Morgan fingerprint density at radius 3 is 2.85 bits per heavy atom. The number of aliphatic imine (C=N–C) groups is 1. The van der Waals surface area contributed by atoms with Crippen molar-refractivity contribution in [1.82, 2.24) is 9.78 Å². The molecule has 0 spiro atoms. The third-order valence-corrected chi connectivity index (χ3v) is 2.63. The second kappa shape index (κ2) is 5.48. The maximum atomic E-state index is 12.9. The van der Waals surface area contributed by atoms with Crippen molar-refractivity contribution in [1.29, 1.82) is 0 Å². The van der Waals surface area contributed by atoms with E-state index in [1.165, 1.54) is 13.1 Å². The summed E-state index contributed by atoms with van der Waals surface area (Å²) in [5.41, 5.74) is -1.84. The molecule has 0 N–H and O–H groups in total. The summed E-state index contributed by atoms with van der Waals surface area (Å²) in [5, 5.41) is 3.45. The summed E-state index contributed by atoms with van der Waals surface area (Å²) in [6, 6.07) is 0. The van der Waals surface area contributed by atoms with Crippen molar-refractivity contribution in [2.75, 3.05) is 6.61 Å². The van der Waals surface area contributed by atoms with E-state index in [9.17, 15) is 18.0 Å². The van der Waals surface area contributed by atoms with Crippen LogP contribution in [-0.4, -0.2) is 28.6 Å². The summed E-state index contributed by atoms with van der Waals surface area (Å²) < 4.78 is 44.3. The van der Waals surface area contributed by atoms with Crippen molar-refractivity contribution in [3.8, 4) is 0 Å². The Hall–Kier alpha value is -2.12. The molecule has 1 aromatic rings. The standard InChI is InChI=1S/C12H12F3N3O2/c1-2-20-11(19)8-7-18(9-5-3-4-6-16-9)17-10(8)12(13,14)15/h3-4,6-7,9H,2,5H2,1H3. The van der Waals surface area contributed by atoms with E-state index in [0.29, 0.717) is 6.42 Å². The van der Waals surface area contributed by atoms with Crippen molar-refractivity contribution < 1.29 is 22.7 Å². The number of hydrogen-bond donors (Lipinski definition) is 0. The molecule has 0 aromatic carbocycles. The Bertz CT molecular complexity index is 561. The lowest BCUT2D eigenvalue weighted by Crippen LogP contribution is -2.14. The first kappa shape index (κ1) is 14.3. The number of carbonyl (C=O) groups excluding carboxylic acids is 1. The van der Waals surface area contributed by atoms with Crippen LogP contribution in [0, 0.1) is 0 Å². The fourth-order valence-corrected chi connectivity index (χ4v) is 1.76. The van der Waals surface area contributed by atoms with Gasteiger partial charge in [0.25, 0.3) is 0 Å². The quantitative estimate of drug-likeness (QED) is 0.803. The first-order valence-corrected chi connectivity index (χ1v) is 5.95. The Morgan fingerprint density at radius 1 is 1.55 bits per heavy atom. The molecule has 108 valence electrons. The zero-order chi connectivity index (χ0) is 14.8. The normalized spacial score (nSPS) is 18.3. The molecule has 0 aliphatic carbocycles. The van der Waals surface area contributed by atoms with Gasteiger partial charge in [0, 0.05) is 18.8 Å². The first-order valence-electron chi connectivity index (χ1n) is 5.95. The number of esters is 1. The highest BCUT2D eigenvalue weighted by Crippen LogP contribution is 2.32. The molecule has 0 bridgehead atoms. The Labute approximate surface area is 112 Å². The summed E-state index contributed by atoms with van der Waals surface area (Å²) >= 11 is 0. The average Bonchev–Trinajstić information content (AvgIpc) is 2.85. The number of dihydropyridines is 1. The summed E-state index contributed by atoms with van der Waals surface area (Å²) in [6.45, 7) is 1.51. The number of alkyl halides is 3. The van der Waals surface area contributed by atoms with Gasteiger partial charge in [-0.2, -0.15) is 18.3 Å². The highest BCUT2D eigenvalue weighted by Gasteiger charge is 2.40. The second-order valence-electron chi connectivity index (χ2n) is 4.03. The third-order valence-electron chi connectivity index (χ3n) is 2.63. The molecular formula is C12H12F3N3O2. The molecule has 2 heterocycles. The van der Waals surface area contributed by atoms with Crippen LogP contribution < -0.4 is 0 Å². The molecule has 0 radical (unpaired) electrons. The molecule has 0 saturated heterocycles. The van der Waals surface area contributed by atoms with Crippen LogP contribution in [0.2, 0.25) is 0 Å². The van der Waals surface area contributed by atoms with Gasteiger partial charge in [-0.05, 0) is 13.0 Å². The van der Waals surface area contributed by atoms with Gasteiger partial charge in [-0.25, -0.2) is 9.48 Å². The van der Waals surface area contributed by atoms with Gasteiger partial charge in [-0.1, -0.05) is 6.08 Å². The van der Waals surface area contributed by atoms with Gasteiger partial charge in [-0.3, -0.25) is 4.99 Å². The molecule has 1 unspecified atom stereocenters. The first-order chi connectivity index (χ1) is 9.43. The van der Waals surface area contributed by atoms with E-state index in [-0.39, 0.29) is 6.61 Å². The highest BCUT2D eigenvalue weighted by atomic mass is 19.4. The molecular weight excluding hydrogens is 275 g/mol. The summed E-state index contributed by atoms with van der Waals surface area (Å²) in [5.74, 6) is -1.04. The van der Waals surface area contributed by atoms with Gasteiger partial charge in [-0.15, -0.1) is 0 Å². The fraction of sp³-hybridized carbons (Fsp3) is 0.417. The van der Waals surface area contributed by atoms with Crippen LogP contribution in [0.25, 0.3) is 0 Å². The number of aromatic nitrogens is 2. The Kier molecular flexibility index (Phi) is 3.91. The maximum Gasteiger partial charge on any atom is 0.436 e. The summed E-state index contributed by atoms with van der Waals surface area (Å²) in [7, 11) is 0. The smallest absolute Gasteiger partial charge is 0.436 e. The number of carbonyl (C=O) groups is 1. The zero-order valence-corrected chi connectivity index (χ0v) is 10.6. The van der Waals surface area contributed by atoms with Gasteiger partial charge in [0.1, 0.15) is 11.7 Å². The molecule has 2 rings (SSSR count). The minimum atomic E-state index is -4.72. The zero-order valence-electron chi connectivity index (χ0n) is 10.6. The van der Waals surface area contributed by atoms with E-state index < -0.39 is 29.6 Å². The SMILES string of the molecule is CCOC(=O)c1cn(C2CC=CC=N2)nc1C(F)(F)F. The minimum absolute atomic E-state index is 0.00830. The number of nitrogens with zero attached hydrogens (tertiary/aromatic N) is 3. The van der Waals surface area contributed by atoms with Crippen molar-refractivity contribution in [2.24, 2.45) is 4.99 Å². The number of allylic oxidation sites excluding steroid dienone is 1. The van der Waals surface area contributed by atoms with Crippen LogP contribution in [0.5, 0.6) is 0 Å². The van der Waals surface area contributed by atoms with Gasteiger partial charge >= 0.3 is 12.1 Å². The van der Waals surface area contributed by atoms with Gasteiger partial charge in [0.2, 0.25) is 0 Å². The Morgan fingerprint density at radius 2 is 2.30 bits per heavy atom. The Balaban J connectivity index is 2.39. The monoisotopic (exact) mass is 287 g/mol. The van der Waals surface area contributed by atoms with Gasteiger partial charge in [0.05, 0.1) is 6.61 Å². The van der Waals surface area contributed by atoms with Crippen molar-refractivity contribution in [3.63, 3.8) is 0 Å². The van der Waals surface area contributed by atoms with Gasteiger partial charge < -0.3 is 4.74 Å². The highest BCUT2D eigenvalue weighted by molar-refractivity contribution is 5.90. The molecule has 20 heavy (non-hydrogen) atoms. The molecule has 0 amide bonds. The number of ether oxygens (including phenoxy) is 1. The fourth-order valence-electron chi connectivity index (χ4n) is 1.76. The van der Waals surface area contributed by atoms with Crippen LogP contribution in [0.4, 0.5) is 13.2 Å². The largest absolute Gasteiger partial charge is 0.462 e. The van der Waals surface area contributed by atoms with Crippen molar-refractivity contribution in [3.05, 3.63) is 29.6 Å². The van der Waals surface area contributed by atoms with Crippen LogP contribution in [0.15, 0.2) is 23.3 Å². The predicted octanol–water partition coefficient (Wildman–Crippen LogP) is 2.61. The number of halogens is 3. The second-order valence-corrected chi connectivity index (χ2v) is 4.03. The molecule has 1 aliphatic rings. The van der Waals surface area contributed by atoms with Crippen LogP contribution >= 0.6 is 0 Å². The lowest BCUT2D eigenvalue weighted by atomic mass is 10.2. The van der Waals surface area contributed by atoms with E-state index in [2.05, 4.69) is 14.8 Å². The minimum Gasteiger partial charge on any atom is -0.462 e. The predicted molar refractivity (Wildman–Crippen MR) is 64.5 cm³/mol. The summed E-state index contributed by atoms with van der Waals surface area (Å²) in [6.07, 6.45) is 1.08. The van der Waals surface area contributed by atoms with Crippen molar-refractivity contribution in [2.45, 2.75) is 25.7 Å². The van der Waals surface area contributed by atoms with Crippen LogP contribution in [0.1, 0.15) is 35.6 Å². The molecule has 1 atom stereocenters. The van der Waals surface area contributed by atoms with Gasteiger partial charge in [0.15, 0.2) is 5.69 Å². The topological polar surface area (TPSA) is 56.5 Å². The van der Waals surface area contributed by atoms with Crippen molar-refractivity contribution >= 4 is 12.2 Å². The van der Waals surface area contributed by atoms with Crippen LogP contribution in [0.3, 0.4) is 0 Å². The number of rotatable bonds is 3. The molecule has 1 aromatic heterocycles. The van der Waals surface area contributed by atoms with E-state index in [4.69, 9.17) is 0 Å². The molecule has 5 nitrogen and oxygen atoms in total. The lowest BCUT2D eigenvalue weighted by molar-refractivity contribution is -0.142.